The van der Waals surface area contributed by atoms with Crippen molar-refractivity contribution in [3.63, 3.8) is 0 Å². The number of hydrogen-bond acceptors (Lipinski definition) is 6. The molecule has 0 radical (unpaired) electrons. The van der Waals surface area contributed by atoms with Gasteiger partial charge in [-0.1, -0.05) is 23.4 Å². The summed E-state index contributed by atoms with van der Waals surface area (Å²) >= 11 is 0. The molecule has 8 heteroatoms. The molecule has 154 valence electrons. The molecule has 5 rings (SSSR count). The van der Waals surface area contributed by atoms with Crippen molar-refractivity contribution in [3.8, 4) is 11.5 Å². The number of aromatic nitrogens is 2. The van der Waals surface area contributed by atoms with Gasteiger partial charge in [-0.25, -0.2) is 4.79 Å². The summed E-state index contributed by atoms with van der Waals surface area (Å²) in [4.78, 5) is 19.7. The predicted molar refractivity (Wildman–Crippen MR) is 110 cm³/mol. The van der Waals surface area contributed by atoms with Crippen LogP contribution in [0.5, 0.6) is 11.5 Å². The van der Waals surface area contributed by atoms with Crippen LogP contribution in [-0.2, 0) is 6.42 Å². The Morgan fingerprint density at radius 3 is 2.77 bits per heavy atom. The van der Waals surface area contributed by atoms with E-state index in [2.05, 4.69) is 15.5 Å². The third-order valence-electron chi connectivity index (χ3n) is 5.53. The first kappa shape index (κ1) is 18.5. The van der Waals surface area contributed by atoms with Crippen LogP contribution in [0.3, 0.4) is 0 Å². The highest BCUT2D eigenvalue weighted by Crippen LogP contribution is 2.43. The number of benzene rings is 2. The highest BCUT2D eigenvalue weighted by molar-refractivity contribution is 6.04. The van der Waals surface area contributed by atoms with E-state index in [1.807, 2.05) is 24.3 Å². The van der Waals surface area contributed by atoms with E-state index in [-0.39, 0.29) is 12.1 Å². The van der Waals surface area contributed by atoms with Crippen LogP contribution >= 0.6 is 0 Å². The lowest BCUT2D eigenvalue weighted by Gasteiger charge is -2.24. The maximum Gasteiger partial charge on any atom is 0.327 e. The third kappa shape index (κ3) is 3.24. The average molecular weight is 406 g/mol. The number of carbonyl (C=O) groups excluding carboxylic acids is 1. The summed E-state index contributed by atoms with van der Waals surface area (Å²) in [5.74, 6) is 2.74. The van der Waals surface area contributed by atoms with E-state index < -0.39 is 0 Å². The standard InChI is InChI=1S/C22H22N4O4/c1-28-15-9-10-19(29-2)16(12-15)23-22(27)26-17-6-4-3-5-14(17)11-18(26)21-24-20(25-30-21)13-7-8-13/h3-6,9-10,12-13,18H,7-8,11H2,1-2H3,(H,23,27). The van der Waals surface area contributed by atoms with Gasteiger partial charge in [0.1, 0.15) is 17.5 Å². The Labute approximate surface area is 173 Å². The fraction of sp³-hybridized carbons (Fsp3) is 0.318. The summed E-state index contributed by atoms with van der Waals surface area (Å²) in [6.07, 6.45) is 2.79. The second-order valence-corrected chi connectivity index (χ2v) is 7.48. The van der Waals surface area contributed by atoms with Crippen molar-refractivity contribution in [2.24, 2.45) is 0 Å². The van der Waals surface area contributed by atoms with Gasteiger partial charge in [-0.05, 0) is 36.6 Å². The minimum Gasteiger partial charge on any atom is -0.497 e. The van der Waals surface area contributed by atoms with Gasteiger partial charge in [0.05, 0.1) is 19.9 Å². The second kappa shape index (κ2) is 7.37. The molecule has 1 saturated carbocycles. The number of methoxy groups -OCH3 is 2. The molecule has 2 aliphatic rings. The Morgan fingerprint density at radius 2 is 2.00 bits per heavy atom. The number of nitrogens with one attached hydrogen (secondary N) is 1. The van der Waals surface area contributed by atoms with Gasteiger partial charge in [0, 0.05) is 24.1 Å². The molecule has 2 amide bonds. The Balaban J connectivity index is 1.48. The van der Waals surface area contributed by atoms with Crippen molar-refractivity contribution < 1.29 is 18.8 Å². The maximum atomic E-state index is 13.4. The fourth-order valence-electron chi connectivity index (χ4n) is 3.81. The van der Waals surface area contributed by atoms with Crippen LogP contribution in [0, 0.1) is 0 Å². The van der Waals surface area contributed by atoms with Crippen molar-refractivity contribution in [1.29, 1.82) is 0 Å². The van der Waals surface area contributed by atoms with Crippen LogP contribution in [-0.4, -0.2) is 30.4 Å². The number of ether oxygens (including phenoxy) is 2. The van der Waals surface area contributed by atoms with Crippen molar-refractivity contribution in [2.45, 2.75) is 31.2 Å². The molecule has 1 unspecified atom stereocenters. The number of rotatable bonds is 5. The van der Waals surface area contributed by atoms with E-state index >= 15 is 0 Å². The number of urea groups is 1. The molecule has 8 nitrogen and oxygen atoms in total. The molecule has 2 aromatic carbocycles. The quantitative estimate of drug-likeness (QED) is 0.679. The van der Waals surface area contributed by atoms with Crippen LogP contribution in [0.4, 0.5) is 16.2 Å². The number of para-hydroxylation sites is 1. The van der Waals surface area contributed by atoms with Crippen molar-refractivity contribution >= 4 is 17.4 Å². The van der Waals surface area contributed by atoms with Crippen molar-refractivity contribution in [2.75, 3.05) is 24.4 Å². The van der Waals surface area contributed by atoms with Gasteiger partial charge in [0.25, 0.3) is 0 Å². The monoisotopic (exact) mass is 406 g/mol. The number of fused-ring (bicyclic) bond motifs is 1. The highest BCUT2D eigenvalue weighted by Gasteiger charge is 2.39. The summed E-state index contributed by atoms with van der Waals surface area (Å²) in [5, 5.41) is 7.09. The summed E-state index contributed by atoms with van der Waals surface area (Å²) in [6.45, 7) is 0. The number of nitrogens with zero attached hydrogens (tertiary/aromatic N) is 3. The second-order valence-electron chi connectivity index (χ2n) is 7.48. The fourth-order valence-corrected chi connectivity index (χ4v) is 3.81. The number of carbonyl (C=O) groups is 1. The van der Waals surface area contributed by atoms with Crippen LogP contribution in [0.2, 0.25) is 0 Å². The van der Waals surface area contributed by atoms with Gasteiger partial charge in [0.2, 0.25) is 5.89 Å². The maximum absolute atomic E-state index is 13.4. The molecule has 1 aliphatic carbocycles. The van der Waals surface area contributed by atoms with E-state index in [1.165, 1.54) is 0 Å². The molecule has 30 heavy (non-hydrogen) atoms. The lowest BCUT2D eigenvalue weighted by atomic mass is 10.1. The van der Waals surface area contributed by atoms with Gasteiger partial charge in [-0.3, -0.25) is 4.90 Å². The van der Waals surface area contributed by atoms with Crippen LogP contribution in [0.15, 0.2) is 47.0 Å². The first-order valence-corrected chi connectivity index (χ1v) is 9.91. The van der Waals surface area contributed by atoms with Crippen LogP contribution < -0.4 is 19.7 Å². The highest BCUT2D eigenvalue weighted by atomic mass is 16.5. The summed E-state index contributed by atoms with van der Waals surface area (Å²) in [7, 11) is 3.14. The van der Waals surface area contributed by atoms with Gasteiger partial charge < -0.3 is 19.3 Å². The van der Waals surface area contributed by atoms with E-state index in [0.29, 0.717) is 35.4 Å². The molecule has 3 aromatic rings. The van der Waals surface area contributed by atoms with Gasteiger partial charge in [-0.15, -0.1) is 0 Å². The van der Waals surface area contributed by atoms with Crippen molar-refractivity contribution in [1.82, 2.24) is 10.1 Å². The van der Waals surface area contributed by atoms with Gasteiger partial charge >= 0.3 is 6.03 Å². The molecule has 0 bridgehead atoms. The van der Waals surface area contributed by atoms with Crippen LogP contribution in [0.1, 0.15) is 42.1 Å². The van der Waals surface area contributed by atoms with Crippen molar-refractivity contribution in [3.05, 3.63) is 59.7 Å². The molecule has 0 saturated heterocycles. The Bertz CT molecular complexity index is 1090. The Hall–Kier alpha value is -3.55. The lowest BCUT2D eigenvalue weighted by molar-refractivity contribution is 0.253. The van der Waals surface area contributed by atoms with Gasteiger partial charge in [-0.2, -0.15) is 4.98 Å². The predicted octanol–water partition coefficient (Wildman–Crippen LogP) is 4.30. The van der Waals surface area contributed by atoms with E-state index in [1.54, 1.807) is 37.3 Å². The molecule has 1 aromatic heterocycles. The number of hydrogen-bond donors (Lipinski definition) is 1. The van der Waals surface area contributed by atoms with Gasteiger partial charge in [0.15, 0.2) is 5.82 Å². The topological polar surface area (TPSA) is 89.7 Å². The van der Waals surface area contributed by atoms with E-state index in [9.17, 15) is 4.79 Å². The zero-order chi connectivity index (χ0) is 20.7. The zero-order valence-electron chi connectivity index (χ0n) is 16.8. The number of amides is 2. The number of anilines is 2. The molecule has 0 spiro atoms. The SMILES string of the molecule is COc1ccc(OC)c(NC(=O)N2c3ccccc3CC2c2nc(C3CC3)no2)c1. The molecule has 1 aliphatic heterocycles. The zero-order valence-corrected chi connectivity index (χ0v) is 16.8. The minimum absolute atomic E-state index is 0.303. The average Bonchev–Trinajstić information content (AvgIpc) is 3.37. The first-order valence-electron chi connectivity index (χ1n) is 9.91. The smallest absolute Gasteiger partial charge is 0.327 e. The molecule has 1 atom stereocenters. The lowest BCUT2D eigenvalue weighted by Crippen LogP contribution is -2.36. The Morgan fingerprint density at radius 1 is 1.17 bits per heavy atom. The molecular weight excluding hydrogens is 384 g/mol. The largest absolute Gasteiger partial charge is 0.497 e. The summed E-state index contributed by atoms with van der Waals surface area (Å²) in [5.41, 5.74) is 2.41. The molecule has 1 N–H and O–H groups in total. The minimum atomic E-state index is -0.362. The van der Waals surface area contributed by atoms with E-state index in [4.69, 9.17) is 14.0 Å². The molecular formula is C22H22N4O4. The third-order valence-corrected chi connectivity index (χ3v) is 5.53. The summed E-state index contributed by atoms with van der Waals surface area (Å²) < 4.78 is 16.2. The molecule has 2 heterocycles. The summed E-state index contributed by atoms with van der Waals surface area (Å²) in [6, 6.07) is 12.4. The first-order chi connectivity index (χ1) is 14.7. The van der Waals surface area contributed by atoms with E-state index in [0.717, 1.165) is 29.9 Å². The Kier molecular flexibility index (Phi) is 4.54. The molecule has 1 fully saturated rings. The van der Waals surface area contributed by atoms with Crippen LogP contribution in [0.25, 0.3) is 0 Å². The normalized spacial score (nSPS) is 17.5.